The largest absolute Gasteiger partial charge is 0.349 e. The molecular weight excluding hydrogens is 238 g/mol. The maximum atomic E-state index is 11.7. The normalized spacial score (nSPS) is 10.5. The van der Waals surface area contributed by atoms with Gasteiger partial charge in [0.25, 0.3) is 5.91 Å². The molecule has 0 saturated carbocycles. The fourth-order valence-corrected chi connectivity index (χ4v) is 2.02. The number of rotatable bonds is 4. The van der Waals surface area contributed by atoms with Gasteiger partial charge in [-0.2, -0.15) is 0 Å². The van der Waals surface area contributed by atoms with Crippen molar-refractivity contribution in [3.8, 4) is 0 Å². The van der Waals surface area contributed by atoms with E-state index in [0.717, 1.165) is 17.4 Å². The van der Waals surface area contributed by atoms with Gasteiger partial charge >= 0.3 is 0 Å². The summed E-state index contributed by atoms with van der Waals surface area (Å²) in [6, 6.07) is 0. The zero-order chi connectivity index (χ0) is 12.3. The molecule has 2 aromatic rings. The zero-order valence-corrected chi connectivity index (χ0v) is 10.5. The molecule has 1 amide bonds. The Labute approximate surface area is 103 Å². The van der Waals surface area contributed by atoms with Crippen molar-refractivity contribution in [2.24, 2.45) is 0 Å². The fourth-order valence-electron chi connectivity index (χ4n) is 1.45. The van der Waals surface area contributed by atoms with Crippen molar-refractivity contribution in [3.63, 3.8) is 0 Å². The summed E-state index contributed by atoms with van der Waals surface area (Å²) in [5.74, 6) is 0.824. The molecule has 0 aliphatic heterocycles. The average Bonchev–Trinajstić information content (AvgIpc) is 2.88. The van der Waals surface area contributed by atoms with E-state index in [2.05, 4.69) is 19.9 Å². The minimum Gasteiger partial charge on any atom is -0.349 e. The summed E-state index contributed by atoms with van der Waals surface area (Å²) in [5, 5.41) is 6.64. The third kappa shape index (κ3) is 2.68. The Bertz CT molecular complexity index is 518. The highest BCUT2D eigenvalue weighted by Crippen LogP contribution is 2.08. The first-order valence-corrected chi connectivity index (χ1v) is 6.00. The first-order chi connectivity index (χ1) is 8.18. The van der Waals surface area contributed by atoms with Gasteiger partial charge < -0.3 is 9.88 Å². The SMILES string of the molecule is Cc1nnsc1C(=O)NCCn1ccnc1C. The summed E-state index contributed by atoms with van der Waals surface area (Å²) in [7, 11) is 0. The number of carbonyl (C=O) groups excluding carboxylic acids is 1. The molecule has 0 radical (unpaired) electrons. The van der Waals surface area contributed by atoms with Crippen LogP contribution in [0.1, 0.15) is 21.2 Å². The van der Waals surface area contributed by atoms with Crippen LogP contribution in [-0.2, 0) is 6.54 Å². The van der Waals surface area contributed by atoms with E-state index in [9.17, 15) is 4.79 Å². The summed E-state index contributed by atoms with van der Waals surface area (Å²) < 4.78 is 5.71. The lowest BCUT2D eigenvalue weighted by Crippen LogP contribution is -2.27. The Hall–Kier alpha value is -1.76. The van der Waals surface area contributed by atoms with Gasteiger partial charge in [-0.15, -0.1) is 5.10 Å². The van der Waals surface area contributed by atoms with E-state index in [0.29, 0.717) is 23.7 Å². The number of nitrogens with zero attached hydrogens (tertiary/aromatic N) is 4. The van der Waals surface area contributed by atoms with E-state index in [-0.39, 0.29) is 5.91 Å². The number of nitrogens with one attached hydrogen (secondary N) is 1. The standard InChI is InChI=1S/C10H13N5OS/c1-7-9(17-14-13-7)10(16)12-4-6-15-5-3-11-8(15)2/h3,5H,4,6H2,1-2H3,(H,12,16). The molecule has 1 N–H and O–H groups in total. The summed E-state index contributed by atoms with van der Waals surface area (Å²) in [6.07, 6.45) is 3.63. The van der Waals surface area contributed by atoms with E-state index in [4.69, 9.17) is 0 Å². The summed E-state index contributed by atoms with van der Waals surface area (Å²) in [6.45, 7) is 4.98. The monoisotopic (exact) mass is 251 g/mol. The van der Waals surface area contributed by atoms with Crippen molar-refractivity contribution < 1.29 is 4.79 Å². The summed E-state index contributed by atoms with van der Waals surface area (Å²) in [4.78, 5) is 16.4. The van der Waals surface area contributed by atoms with Crippen LogP contribution in [0.2, 0.25) is 0 Å². The van der Waals surface area contributed by atoms with E-state index in [1.165, 1.54) is 0 Å². The maximum absolute atomic E-state index is 11.7. The number of carbonyl (C=O) groups is 1. The van der Waals surface area contributed by atoms with Gasteiger partial charge in [0.15, 0.2) is 0 Å². The third-order valence-corrected chi connectivity index (χ3v) is 3.25. The first kappa shape index (κ1) is 11.7. The zero-order valence-electron chi connectivity index (χ0n) is 9.67. The molecule has 0 aliphatic rings. The van der Waals surface area contributed by atoms with Crippen molar-refractivity contribution >= 4 is 17.4 Å². The molecule has 2 heterocycles. The molecule has 2 rings (SSSR count). The van der Waals surface area contributed by atoms with Crippen molar-refractivity contribution in [2.45, 2.75) is 20.4 Å². The van der Waals surface area contributed by atoms with Gasteiger partial charge in [0.05, 0.1) is 5.69 Å². The van der Waals surface area contributed by atoms with Crippen molar-refractivity contribution in [3.05, 3.63) is 28.8 Å². The van der Waals surface area contributed by atoms with E-state index in [1.807, 2.05) is 17.7 Å². The molecule has 0 fully saturated rings. The van der Waals surface area contributed by atoms with Gasteiger partial charge in [-0.05, 0) is 25.4 Å². The Balaban J connectivity index is 1.86. The minimum atomic E-state index is -0.115. The number of amides is 1. The number of aryl methyl sites for hydroxylation is 2. The highest BCUT2D eigenvalue weighted by Gasteiger charge is 2.12. The predicted octanol–water partition coefficient (Wildman–Crippen LogP) is 0.781. The second-order valence-corrected chi connectivity index (χ2v) is 4.37. The van der Waals surface area contributed by atoms with Crippen LogP contribution in [-0.4, -0.2) is 31.6 Å². The first-order valence-electron chi connectivity index (χ1n) is 5.23. The van der Waals surface area contributed by atoms with Crippen LogP contribution in [0.4, 0.5) is 0 Å². The smallest absolute Gasteiger partial charge is 0.265 e. The van der Waals surface area contributed by atoms with Gasteiger partial charge in [0, 0.05) is 25.5 Å². The molecule has 90 valence electrons. The maximum Gasteiger partial charge on any atom is 0.265 e. The molecule has 0 saturated heterocycles. The second-order valence-electron chi connectivity index (χ2n) is 3.61. The number of aromatic nitrogens is 4. The fraction of sp³-hybridized carbons (Fsp3) is 0.400. The van der Waals surface area contributed by atoms with Crippen molar-refractivity contribution in [1.82, 2.24) is 24.5 Å². The molecule has 0 atom stereocenters. The van der Waals surface area contributed by atoms with E-state index < -0.39 is 0 Å². The molecular formula is C10H13N5OS. The Morgan fingerprint density at radius 3 is 2.94 bits per heavy atom. The van der Waals surface area contributed by atoms with Crippen LogP contribution < -0.4 is 5.32 Å². The highest BCUT2D eigenvalue weighted by atomic mass is 32.1. The number of hydrogen-bond donors (Lipinski definition) is 1. The van der Waals surface area contributed by atoms with Crippen LogP contribution in [0.3, 0.4) is 0 Å². The lowest BCUT2D eigenvalue weighted by Gasteiger charge is -2.06. The van der Waals surface area contributed by atoms with Crippen LogP contribution in [0, 0.1) is 13.8 Å². The van der Waals surface area contributed by atoms with Gasteiger partial charge in [-0.25, -0.2) is 4.98 Å². The van der Waals surface area contributed by atoms with Crippen LogP contribution in [0.25, 0.3) is 0 Å². The van der Waals surface area contributed by atoms with Crippen molar-refractivity contribution in [2.75, 3.05) is 6.54 Å². The summed E-state index contributed by atoms with van der Waals surface area (Å²) in [5.41, 5.74) is 0.673. The summed E-state index contributed by atoms with van der Waals surface area (Å²) >= 11 is 1.12. The number of imidazole rings is 1. The molecule has 0 aromatic carbocycles. The van der Waals surface area contributed by atoms with Crippen LogP contribution in [0.15, 0.2) is 12.4 Å². The second kappa shape index (κ2) is 5.05. The molecule has 0 spiro atoms. The van der Waals surface area contributed by atoms with Crippen LogP contribution >= 0.6 is 11.5 Å². The molecule has 0 aliphatic carbocycles. The van der Waals surface area contributed by atoms with E-state index >= 15 is 0 Å². The van der Waals surface area contributed by atoms with Crippen molar-refractivity contribution in [1.29, 1.82) is 0 Å². The third-order valence-electron chi connectivity index (χ3n) is 2.42. The molecule has 0 bridgehead atoms. The molecule has 17 heavy (non-hydrogen) atoms. The number of hydrogen-bond acceptors (Lipinski definition) is 5. The lowest BCUT2D eigenvalue weighted by atomic mass is 10.4. The molecule has 0 unspecified atom stereocenters. The Kier molecular flexibility index (Phi) is 3.48. The molecule has 2 aromatic heterocycles. The minimum absolute atomic E-state index is 0.115. The highest BCUT2D eigenvalue weighted by molar-refractivity contribution is 7.07. The Morgan fingerprint density at radius 1 is 1.53 bits per heavy atom. The van der Waals surface area contributed by atoms with Gasteiger partial charge in [0.2, 0.25) is 0 Å². The quantitative estimate of drug-likeness (QED) is 0.871. The van der Waals surface area contributed by atoms with Gasteiger partial charge in [-0.1, -0.05) is 4.49 Å². The van der Waals surface area contributed by atoms with Gasteiger partial charge in [0.1, 0.15) is 10.7 Å². The molecule has 6 nitrogen and oxygen atoms in total. The average molecular weight is 251 g/mol. The predicted molar refractivity (Wildman–Crippen MR) is 63.9 cm³/mol. The van der Waals surface area contributed by atoms with Crippen LogP contribution in [0.5, 0.6) is 0 Å². The topological polar surface area (TPSA) is 72.7 Å². The van der Waals surface area contributed by atoms with E-state index in [1.54, 1.807) is 13.1 Å². The van der Waals surface area contributed by atoms with Gasteiger partial charge in [-0.3, -0.25) is 4.79 Å². The molecule has 7 heteroatoms. The Morgan fingerprint density at radius 2 is 2.35 bits per heavy atom. The lowest BCUT2D eigenvalue weighted by molar-refractivity contribution is 0.0955.